The van der Waals surface area contributed by atoms with Crippen LogP contribution in [0, 0.1) is 0 Å². The van der Waals surface area contributed by atoms with Gasteiger partial charge in [-0.25, -0.2) is 0 Å². The first-order valence-corrected chi connectivity index (χ1v) is 6.01. The van der Waals surface area contributed by atoms with Crippen molar-refractivity contribution in [3.8, 4) is 11.5 Å². The Morgan fingerprint density at radius 2 is 2.17 bits per heavy atom. The minimum absolute atomic E-state index is 0.000318. The normalized spacial score (nSPS) is 21.9. The minimum Gasteiger partial charge on any atom is -0.508 e. The Kier molecular flexibility index (Phi) is 3.43. The van der Waals surface area contributed by atoms with E-state index in [1.165, 1.54) is 12.1 Å². The van der Waals surface area contributed by atoms with E-state index in [1.807, 2.05) is 11.8 Å². The summed E-state index contributed by atoms with van der Waals surface area (Å²) in [4.78, 5) is 13.0. The molecule has 0 saturated carbocycles. The zero-order valence-corrected chi connectivity index (χ0v) is 10.2. The lowest BCUT2D eigenvalue weighted by Gasteiger charge is -2.29. The molecule has 2 rings (SSSR count). The molecule has 5 nitrogen and oxygen atoms in total. The summed E-state index contributed by atoms with van der Waals surface area (Å²) in [6, 6.07) is 3.73. The van der Waals surface area contributed by atoms with Crippen molar-refractivity contribution in [2.75, 3.05) is 6.54 Å². The first-order chi connectivity index (χ1) is 8.50. The lowest BCUT2D eigenvalue weighted by molar-refractivity contribution is -0.142. The van der Waals surface area contributed by atoms with Gasteiger partial charge in [0, 0.05) is 17.7 Å². The fraction of sp³-hybridized carbons (Fsp3) is 0.462. The van der Waals surface area contributed by atoms with Gasteiger partial charge in [-0.15, -0.1) is 0 Å². The summed E-state index contributed by atoms with van der Waals surface area (Å²) in [7, 11) is 0. The van der Waals surface area contributed by atoms with Crippen molar-refractivity contribution in [2.45, 2.75) is 31.8 Å². The second kappa shape index (κ2) is 4.86. The Morgan fingerprint density at radius 1 is 1.44 bits per heavy atom. The first-order valence-electron chi connectivity index (χ1n) is 6.01. The molecular formula is C13H17NO4. The molecule has 0 bridgehead atoms. The number of hydrogen-bond donors (Lipinski definition) is 3. The quantitative estimate of drug-likeness (QED) is 0.762. The van der Waals surface area contributed by atoms with Crippen molar-refractivity contribution in [3.05, 3.63) is 23.8 Å². The van der Waals surface area contributed by atoms with Crippen molar-refractivity contribution < 1.29 is 20.1 Å². The Morgan fingerprint density at radius 3 is 2.78 bits per heavy atom. The molecule has 2 atom stereocenters. The predicted octanol–water partition coefficient (Wildman–Crippen LogP) is 1.71. The third-order valence-electron chi connectivity index (χ3n) is 3.54. The topological polar surface area (TPSA) is 81.0 Å². The molecule has 1 aliphatic heterocycles. The molecule has 3 N–H and O–H groups in total. The third kappa shape index (κ3) is 2.26. The second-order valence-corrected chi connectivity index (χ2v) is 4.65. The number of phenols is 2. The maximum absolute atomic E-state index is 11.1. The SMILES string of the molecule is CC(c1ccc(O)cc1O)N1CCCC1C(=O)O. The highest BCUT2D eigenvalue weighted by Crippen LogP contribution is 2.35. The molecule has 1 aromatic rings. The molecule has 1 heterocycles. The van der Waals surface area contributed by atoms with Gasteiger partial charge in [0.25, 0.3) is 0 Å². The van der Waals surface area contributed by atoms with Gasteiger partial charge in [-0.3, -0.25) is 9.69 Å². The molecule has 2 unspecified atom stereocenters. The standard InChI is InChI=1S/C13H17NO4/c1-8(10-5-4-9(15)7-12(10)16)14-6-2-3-11(14)13(17)18/h4-5,7-8,11,15-16H,2-3,6H2,1H3,(H,17,18). The molecular weight excluding hydrogens is 234 g/mol. The summed E-state index contributed by atoms with van der Waals surface area (Å²) in [5.41, 5.74) is 0.640. The van der Waals surface area contributed by atoms with Crippen LogP contribution in [0.15, 0.2) is 18.2 Å². The van der Waals surface area contributed by atoms with E-state index >= 15 is 0 Å². The van der Waals surface area contributed by atoms with Gasteiger partial charge >= 0.3 is 5.97 Å². The number of carbonyl (C=O) groups is 1. The van der Waals surface area contributed by atoms with E-state index < -0.39 is 12.0 Å². The van der Waals surface area contributed by atoms with Crippen LogP contribution in [0.1, 0.15) is 31.4 Å². The third-order valence-corrected chi connectivity index (χ3v) is 3.54. The van der Waals surface area contributed by atoms with Gasteiger partial charge in [-0.05, 0) is 32.4 Å². The number of carboxylic acids is 1. The summed E-state index contributed by atoms with van der Waals surface area (Å²) in [6.45, 7) is 2.58. The molecule has 1 saturated heterocycles. The van der Waals surface area contributed by atoms with Crippen molar-refractivity contribution in [2.24, 2.45) is 0 Å². The van der Waals surface area contributed by atoms with Gasteiger partial charge < -0.3 is 15.3 Å². The number of benzene rings is 1. The zero-order chi connectivity index (χ0) is 13.3. The predicted molar refractivity (Wildman–Crippen MR) is 65.6 cm³/mol. The van der Waals surface area contributed by atoms with Crippen molar-refractivity contribution in [1.82, 2.24) is 4.90 Å². The maximum atomic E-state index is 11.1. The Bertz CT molecular complexity index is 460. The maximum Gasteiger partial charge on any atom is 0.320 e. The highest BCUT2D eigenvalue weighted by atomic mass is 16.4. The Balaban J connectivity index is 2.25. The van der Waals surface area contributed by atoms with Crippen LogP contribution in [0.25, 0.3) is 0 Å². The van der Waals surface area contributed by atoms with E-state index in [0.717, 1.165) is 6.42 Å². The molecule has 0 aliphatic carbocycles. The molecule has 0 radical (unpaired) electrons. The summed E-state index contributed by atoms with van der Waals surface area (Å²) in [6.07, 6.45) is 1.48. The number of aliphatic carboxylic acids is 1. The molecule has 18 heavy (non-hydrogen) atoms. The minimum atomic E-state index is -0.822. The fourth-order valence-corrected chi connectivity index (χ4v) is 2.58. The van der Waals surface area contributed by atoms with Crippen LogP contribution in [0.4, 0.5) is 0 Å². The van der Waals surface area contributed by atoms with Gasteiger partial charge in [0.1, 0.15) is 17.5 Å². The lowest BCUT2D eigenvalue weighted by Crippen LogP contribution is -2.37. The van der Waals surface area contributed by atoms with Crippen LogP contribution in [0.3, 0.4) is 0 Å². The van der Waals surface area contributed by atoms with Gasteiger partial charge in [-0.1, -0.05) is 6.07 Å². The molecule has 1 aromatic carbocycles. The number of likely N-dealkylation sites (tertiary alicyclic amines) is 1. The fourth-order valence-electron chi connectivity index (χ4n) is 2.58. The van der Waals surface area contributed by atoms with Gasteiger partial charge in [-0.2, -0.15) is 0 Å². The van der Waals surface area contributed by atoms with Gasteiger partial charge in [0.15, 0.2) is 0 Å². The number of rotatable bonds is 3. The largest absolute Gasteiger partial charge is 0.508 e. The molecule has 0 aromatic heterocycles. The van der Waals surface area contributed by atoms with Crippen molar-refractivity contribution >= 4 is 5.97 Å². The molecule has 1 aliphatic rings. The van der Waals surface area contributed by atoms with E-state index in [-0.39, 0.29) is 17.5 Å². The monoisotopic (exact) mass is 251 g/mol. The van der Waals surface area contributed by atoms with E-state index in [0.29, 0.717) is 18.5 Å². The number of phenolic OH excluding ortho intramolecular Hbond substituents is 2. The van der Waals surface area contributed by atoms with E-state index in [9.17, 15) is 15.0 Å². The van der Waals surface area contributed by atoms with Crippen LogP contribution < -0.4 is 0 Å². The average molecular weight is 251 g/mol. The molecule has 0 amide bonds. The molecule has 5 heteroatoms. The highest BCUT2D eigenvalue weighted by Gasteiger charge is 2.34. The summed E-state index contributed by atoms with van der Waals surface area (Å²) in [5, 5.41) is 28.2. The second-order valence-electron chi connectivity index (χ2n) is 4.65. The molecule has 98 valence electrons. The van der Waals surface area contributed by atoms with Crippen LogP contribution >= 0.6 is 0 Å². The Hall–Kier alpha value is -1.75. The lowest BCUT2D eigenvalue weighted by atomic mass is 10.0. The summed E-state index contributed by atoms with van der Waals surface area (Å²) in [5.74, 6) is -0.823. The molecule has 1 fully saturated rings. The van der Waals surface area contributed by atoms with Crippen molar-refractivity contribution in [3.63, 3.8) is 0 Å². The van der Waals surface area contributed by atoms with Crippen LogP contribution in [0.5, 0.6) is 11.5 Å². The summed E-state index contributed by atoms with van der Waals surface area (Å²) >= 11 is 0. The van der Waals surface area contributed by atoms with Crippen LogP contribution in [-0.2, 0) is 4.79 Å². The van der Waals surface area contributed by atoms with E-state index in [2.05, 4.69) is 0 Å². The van der Waals surface area contributed by atoms with Gasteiger partial charge in [0.05, 0.1) is 0 Å². The van der Waals surface area contributed by atoms with Crippen LogP contribution in [0.2, 0.25) is 0 Å². The van der Waals surface area contributed by atoms with Crippen LogP contribution in [-0.4, -0.2) is 38.8 Å². The highest BCUT2D eigenvalue weighted by molar-refractivity contribution is 5.74. The average Bonchev–Trinajstić information content (AvgIpc) is 2.77. The zero-order valence-electron chi connectivity index (χ0n) is 10.2. The van der Waals surface area contributed by atoms with Crippen molar-refractivity contribution in [1.29, 1.82) is 0 Å². The van der Waals surface area contributed by atoms with E-state index in [4.69, 9.17) is 5.11 Å². The number of aromatic hydroxyl groups is 2. The number of nitrogens with zero attached hydrogens (tertiary/aromatic N) is 1. The summed E-state index contributed by atoms with van der Waals surface area (Å²) < 4.78 is 0. The van der Waals surface area contributed by atoms with Gasteiger partial charge in [0.2, 0.25) is 0 Å². The Labute approximate surface area is 105 Å². The number of hydrogen-bond acceptors (Lipinski definition) is 4. The smallest absolute Gasteiger partial charge is 0.320 e. The number of carboxylic acid groups (broad SMARTS) is 1. The van der Waals surface area contributed by atoms with E-state index in [1.54, 1.807) is 6.07 Å². The molecule has 0 spiro atoms. The first kappa shape index (κ1) is 12.7.